The highest BCUT2D eigenvalue weighted by Gasteiger charge is 2.15. The molecule has 0 unspecified atom stereocenters. The van der Waals surface area contributed by atoms with Crippen molar-refractivity contribution in [3.05, 3.63) is 64.3 Å². The molecule has 0 spiro atoms. The van der Waals surface area contributed by atoms with Crippen molar-refractivity contribution in [3.63, 3.8) is 0 Å². The Morgan fingerprint density at radius 2 is 1.95 bits per heavy atom. The number of carbonyl (C=O) groups excluding carboxylic acids is 1. The van der Waals surface area contributed by atoms with Gasteiger partial charge in [0.2, 0.25) is 5.78 Å². The van der Waals surface area contributed by atoms with Crippen LogP contribution in [0.25, 0.3) is 11.0 Å². The lowest BCUT2D eigenvalue weighted by Crippen LogP contribution is -1.99. The topological polar surface area (TPSA) is 39.4 Å². The van der Waals surface area contributed by atoms with E-state index in [9.17, 15) is 4.79 Å². The molecule has 0 fully saturated rings. The smallest absolute Gasteiger partial charge is 0.228 e. The van der Waals surface area contributed by atoms with Crippen LogP contribution in [-0.2, 0) is 0 Å². The zero-order valence-electron chi connectivity index (χ0n) is 11.4. The van der Waals surface area contributed by atoms with Gasteiger partial charge in [0.15, 0.2) is 5.76 Å². The summed E-state index contributed by atoms with van der Waals surface area (Å²) in [5.41, 5.74) is 1.26. The minimum atomic E-state index is -0.138. The van der Waals surface area contributed by atoms with Crippen LogP contribution in [0.2, 0.25) is 0 Å². The Labute approximate surface area is 130 Å². The minimum Gasteiger partial charge on any atom is -0.494 e. The fourth-order valence-electron chi connectivity index (χ4n) is 2.15. The summed E-state index contributed by atoms with van der Waals surface area (Å²) in [6.45, 7) is 2.52. The maximum atomic E-state index is 12.4. The molecule has 0 aliphatic rings. The van der Waals surface area contributed by atoms with Gasteiger partial charge in [-0.2, -0.15) is 0 Å². The van der Waals surface area contributed by atoms with E-state index in [4.69, 9.17) is 9.15 Å². The van der Waals surface area contributed by atoms with E-state index in [0.29, 0.717) is 23.5 Å². The zero-order chi connectivity index (χ0) is 14.8. The molecule has 0 saturated carbocycles. The summed E-state index contributed by atoms with van der Waals surface area (Å²) < 4.78 is 11.9. The highest BCUT2D eigenvalue weighted by molar-refractivity contribution is 9.10. The third-order valence-corrected chi connectivity index (χ3v) is 3.77. The number of fused-ring (bicyclic) bond motifs is 1. The van der Waals surface area contributed by atoms with Crippen molar-refractivity contribution >= 4 is 32.7 Å². The van der Waals surface area contributed by atoms with Gasteiger partial charge < -0.3 is 9.15 Å². The van der Waals surface area contributed by atoms with Gasteiger partial charge >= 0.3 is 0 Å². The number of hydrogen-bond donors (Lipinski definition) is 0. The van der Waals surface area contributed by atoms with Gasteiger partial charge in [0.25, 0.3) is 0 Å². The quantitative estimate of drug-likeness (QED) is 0.636. The van der Waals surface area contributed by atoms with Crippen LogP contribution in [-0.4, -0.2) is 12.4 Å². The normalized spacial score (nSPS) is 10.8. The SMILES string of the molecule is CCOc1ccc(C(=O)c2cc3cccc(Br)c3o2)cc1. The molecule has 3 aromatic rings. The van der Waals surface area contributed by atoms with Crippen LogP contribution in [0.4, 0.5) is 0 Å². The highest BCUT2D eigenvalue weighted by Crippen LogP contribution is 2.28. The first-order valence-electron chi connectivity index (χ1n) is 6.64. The van der Waals surface area contributed by atoms with Crippen LogP contribution in [0.1, 0.15) is 23.0 Å². The highest BCUT2D eigenvalue weighted by atomic mass is 79.9. The van der Waals surface area contributed by atoms with Crippen molar-refractivity contribution in [2.75, 3.05) is 6.61 Å². The molecular weight excluding hydrogens is 332 g/mol. The Balaban J connectivity index is 1.94. The first kappa shape index (κ1) is 13.9. The molecule has 4 heteroatoms. The third kappa shape index (κ3) is 2.72. The molecule has 0 aliphatic carbocycles. The predicted molar refractivity (Wildman–Crippen MR) is 85.0 cm³/mol. The average Bonchev–Trinajstić information content (AvgIpc) is 2.93. The van der Waals surface area contributed by atoms with Crippen LogP contribution in [0.5, 0.6) is 5.75 Å². The Hall–Kier alpha value is -2.07. The van der Waals surface area contributed by atoms with Crippen LogP contribution >= 0.6 is 15.9 Å². The minimum absolute atomic E-state index is 0.138. The van der Waals surface area contributed by atoms with E-state index in [1.54, 1.807) is 30.3 Å². The van der Waals surface area contributed by atoms with Crippen molar-refractivity contribution in [2.45, 2.75) is 6.92 Å². The zero-order valence-corrected chi connectivity index (χ0v) is 13.0. The number of ketones is 1. The number of ether oxygens (including phenoxy) is 1. The second kappa shape index (κ2) is 5.74. The maximum absolute atomic E-state index is 12.4. The Bertz CT molecular complexity index is 787. The number of hydrogen-bond acceptors (Lipinski definition) is 3. The van der Waals surface area contributed by atoms with E-state index in [1.165, 1.54) is 0 Å². The van der Waals surface area contributed by atoms with E-state index >= 15 is 0 Å². The van der Waals surface area contributed by atoms with Crippen LogP contribution < -0.4 is 4.74 Å². The fourth-order valence-corrected chi connectivity index (χ4v) is 2.61. The summed E-state index contributed by atoms with van der Waals surface area (Å²) in [4.78, 5) is 12.4. The lowest BCUT2D eigenvalue weighted by Gasteiger charge is -2.03. The van der Waals surface area contributed by atoms with E-state index in [0.717, 1.165) is 15.6 Å². The number of carbonyl (C=O) groups is 1. The van der Waals surface area contributed by atoms with Gasteiger partial charge in [-0.3, -0.25) is 4.79 Å². The van der Waals surface area contributed by atoms with Gasteiger partial charge in [-0.25, -0.2) is 0 Å². The molecule has 0 radical (unpaired) electrons. The summed E-state index contributed by atoms with van der Waals surface area (Å²) in [7, 11) is 0. The number of furan rings is 1. The molecule has 3 nitrogen and oxygen atoms in total. The second-order valence-electron chi connectivity index (χ2n) is 4.56. The average molecular weight is 345 g/mol. The van der Waals surface area contributed by atoms with Gasteiger partial charge in [0, 0.05) is 10.9 Å². The van der Waals surface area contributed by atoms with Gasteiger partial charge in [-0.15, -0.1) is 0 Å². The molecule has 0 bridgehead atoms. The van der Waals surface area contributed by atoms with Crippen LogP contribution in [0.15, 0.2) is 57.4 Å². The van der Waals surface area contributed by atoms with Crippen molar-refractivity contribution in [1.82, 2.24) is 0 Å². The summed E-state index contributed by atoms with van der Waals surface area (Å²) in [5.74, 6) is 0.948. The fraction of sp³-hybridized carbons (Fsp3) is 0.118. The van der Waals surface area contributed by atoms with Gasteiger partial charge in [0.1, 0.15) is 11.3 Å². The largest absolute Gasteiger partial charge is 0.494 e. The van der Waals surface area contributed by atoms with Crippen LogP contribution in [0.3, 0.4) is 0 Å². The van der Waals surface area contributed by atoms with E-state index < -0.39 is 0 Å². The molecule has 0 atom stereocenters. The molecule has 1 heterocycles. The number of para-hydroxylation sites is 1. The first-order valence-corrected chi connectivity index (χ1v) is 7.44. The summed E-state index contributed by atoms with van der Waals surface area (Å²) in [5, 5.41) is 0.902. The molecule has 0 aliphatic heterocycles. The lowest BCUT2D eigenvalue weighted by molar-refractivity contribution is 0.101. The number of halogens is 1. The lowest BCUT2D eigenvalue weighted by atomic mass is 10.1. The third-order valence-electron chi connectivity index (χ3n) is 3.15. The van der Waals surface area contributed by atoms with Crippen molar-refractivity contribution in [3.8, 4) is 5.75 Å². The Kier molecular flexibility index (Phi) is 3.80. The maximum Gasteiger partial charge on any atom is 0.228 e. The molecule has 3 rings (SSSR count). The molecule has 21 heavy (non-hydrogen) atoms. The van der Waals surface area contributed by atoms with Crippen LogP contribution in [0, 0.1) is 0 Å². The van der Waals surface area contributed by atoms with E-state index in [2.05, 4.69) is 15.9 Å². The van der Waals surface area contributed by atoms with Gasteiger partial charge in [-0.1, -0.05) is 12.1 Å². The standard InChI is InChI=1S/C17H13BrO3/c1-2-20-13-8-6-11(7-9-13)16(19)15-10-12-4-3-5-14(18)17(12)21-15/h3-10H,2H2,1H3. The second-order valence-corrected chi connectivity index (χ2v) is 5.41. The molecule has 2 aromatic carbocycles. The van der Waals surface area contributed by atoms with Crippen molar-refractivity contribution < 1.29 is 13.9 Å². The molecular formula is C17H13BrO3. The summed E-state index contributed by atoms with van der Waals surface area (Å²) in [6, 6.07) is 14.5. The van der Waals surface area contributed by atoms with Gasteiger partial charge in [-0.05, 0) is 59.3 Å². The van der Waals surface area contributed by atoms with Gasteiger partial charge in [0.05, 0.1) is 11.1 Å². The summed E-state index contributed by atoms with van der Waals surface area (Å²) >= 11 is 3.42. The van der Waals surface area contributed by atoms with E-state index in [1.807, 2.05) is 25.1 Å². The van der Waals surface area contributed by atoms with E-state index in [-0.39, 0.29) is 5.78 Å². The molecule has 0 N–H and O–H groups in total. The number of rotatable bonds is 4. The molecule has 106 valence electrons. The monoisotopic (exact) mass is 344 g/mol. The van der Waals surface area contributed by atoms with Crippen molar-refractivity contribution in [2.24, 2.45) is 0 Å². The summed E-state index contributed by atoms with van der Waals surface area (Å²) in [6.07, 6.45) is 0. The molecule has 0 amide bonds. The number of benzene rings is 2. The predicted octanol–water partition coefficient (Wildman–Crippen LogP) is 4.83. The first-order chi connectivity index (χ1) is 10.2. The van der Waals surface area contributed by atoms with Crippen molar-refractivity contribution in [1.29, 1.82) is 0 Å². The molecule has 0 saturated heterocycles. The molecule has 1 aromatic heterocycles. The Morgan fingerprint density at radius 1 is 1.19 bits per heavy atom. The Morgan fingerprint density at radius 3 is 2.62 bits per heavy atom.